The topological polar surface area (TPSA) is 25.8 Å². The van der Waals surface area contributed by atoms with Gasteiger partial charge in [0.05, 0.1) is 5.69 Å². The first-order valence-corrected chi connectivity index (χ1v) is 5.05. The van der Waals surface area contributed by atoms with Crippen LogP contribution in [0.25, 0.3) is 0 Å². The quantitative estimate of drug-likeness (QED) is 0.708. The molecule has 72 valence electrons. The molecule has 13 heavy (non-hydrogen) atoms. The van der Waals surface area contributed by atoms with Crippen molar-refractivity contribution in [3.63, 3.8) is 0 Å². The Morgan fingerprint density at radius 2 is 2.00 bits per heavy atom. The van der Waals surface area contributed by atoms with E-state index in [0.29, 0.717) is 11.8 Å². The molecule has 0 aliphatic heterocycles. The molecule has 2 heteroatoms. The van der Waals surface area contributed by atoms with E-state index in [1.54, 1.807) is 12.4 Å². The van der Waals surface area contributed by atoms with Gasteiger partial charge in [0.2, 0.25) is 0 Å². The van der Waals surface area contributed by atoms with E-state index in [1.807, 2.05) is 6.20 Å². The fourth-order valence-electron chi connectivity index (χ4n) is 1.69. The highest BCUT2D eigenvalue weighted by atomic mass is 14.8. The zero-order valence-electron chi connectivity index (χ0n) is 8.70. The van der Waals surface area contributed by atoms with E-state index in [1.165, 1.54) is 6.42 Å². The molecule has 1 aromatic heterocycles. The highest BCUT2D eigenvalue weighted by Gasteiger charge is 2.16. The number of rotatable bonds is 4. The molecule has 0 aliphatic rings. The van der Waals surface area contributed by atoms with Crippen LogP contribution >= 0.6 is 0 Å². The normalized spacial score (nSPS) is 15.3. The highest BCUT2D eigenvalue weighted by Crippen LogP contribution is 2.27. The summed E-state index contributed by atoms with van der Waals surface area (Å²) in [5, 5.41) is 0. The Morgan fingerprint density at radius 1 is 1.23 bits per heavy atom. The van der Waals surface area contributed by atoms with Crippen molar-refractivity contribution in [1.82, 2.24) is 9.97 Å². The number of aromatic nitrogens is 2. The van der Waals surface area contributed by atoms with Crippen LogP contribution in [-0.4, -0.2) is 9.97 Å². The third-order valence-electron chi connectivity index (χ3n) is 2.73. The molecule has 0 aliphatic carbocycles. The number of hydrogen-bond donors (Lipinski definition) is 0. The predicted octanol–water partition coefficient (Wildman–Crippen LogP) is 3.02. The summed E-state index contributed by atoms with van der Waals surface area (Å²) >= 11 is 0. The van der Waals surface area contributed by atoms with Crippen LogP contribution in [-0.2, 0) is 0 Å². The Morgan fingerprint density at radius 3 is 2.46 bits per heavy atom. The molecule has 0 amide bonds. The molecular formula is C11H18N2. The highest BCUT2D eigenvalue weighted by molar-refractivity contribution is 5.04. The Hall–Kier alpha value is -0.920. The number of hydrogen-bond acceptors (Lipinski definition) is 2. The molecular weight excluding hydrogens is 160 g/mol. The van der Waals surface area contributed by atoms with Gasteiger partial charge in [0.25, 0.3) is 0 Å². The number of nitrogens with zero attached hydrogens (tertiary/aromatic N) is 2. The third-order valence-corrected chi connectivity index (χ3v) is 2.73. The lowest BCUT2D eigenvalue weighted by Gasteiger charge is -2.20. The van der Waals surface area contributed by atoms with E-state index in [-0.39, 0.29) is 0 Å². The Labute approximate surface area is 80.4 Å². The third kappa shape index (κ3) is 2.51. The zero-order chi connectivity index (χ0) is 9.68. The molecule has 0 N–H and O–H groups in total. The molecule has 2 nitrogen and oxygen atoms in total. The van der Waals surface area contributed by atoms with Crippen molar-refractivity contribution in [2.45, 2.75) is 39.5 Å². The lowest BCUT2D eigenvalue weighted by Crippen LogP contribution is -2.09. The fraction of sp³-hybridized carbons (Fsp3) is 0.636. The van der Waals surface area contributed by atoms with Gasteiger partial charge >= 0.3 is 0 Å². The van der Waals surface area contributed by atoms with Crippen molar-refractivity contribution in [2.24, 2.45) is 5.92 Å². The maximum atomic E-state index is 4.36. The summed E-state index contributed by atoms with van der Waals surface area (Å²) in [6.07, 6.45) is 7.75. The van der Waals surface area contributed by atoms with Crippen LogP contribution in [0, 0.1) is 5.92 Å². The van der Waals surface area contributed by atoms with Gasteiger partial charge in [0.1, 0.15) is 0 Å². The van der Waals surface area contributed by atoms with Crippen molar-refractivity contribution in [1.29, 1.82) is 0 Å². The van der Waals surface area contributed by atoms with Gasteiger partial charge < -0.3 is 0 Å². The van der Waals surface area contributed by atoms with Gasteiger partial charge in [-0.3, -0.25) is 9.97 Å². The van der Waals surface area contributed by atoms with Crippen molar-refractivity contribution >= 4 is 0 Å². The van der Waals surface area contributed by atoms with E-state index in [0.717, 1.165) is 12.1 Å². The van der Waals surface area contributed by atoms with Crippen molar-refractivity contribution in [3.8, 4) is 0 Å². The molecule has 0 aromatic carbocycles. The van der Waals surface area contributed by atoms with Crippen LogP contribution in [0.4, 0.5) is 0 Å². The largest absolute Gasteiger partial charge is 0.261 e. The van der Waals surface area contributed by atoms with E-state index in [9.17, 15) is 0 Å². The van der Waals surface area contributed by atoms with Crippen LogP contribution in [0.3, 0.4) is 0 Å². The minimum absolute atomic E-state index is 0.568. The molecule has 2 atom stereocenters. The monoisotopic (exact) mass is 178 g/mol. The maximum absolute atomic E-state index is 4.36. The first-order chi connectivity index (χ1) is 6.29. The summed E-state index contributed by atoms with van der Waals surface area (Å²) in [7, 11) is 0. The summed E-state index contributed by atoms with van der Waals surface area (Å²) in [5.74, 6) is 1.26. The lowest BCUT2D eigenvalue weighted by atomic mass is 9.87. The lowest BCUT2D eigenvalue weighted by molar-refractivity contribution is 0.426. The molecule has 2 unspecified atom stereocenters. The van der Waals surface area contributed by atoms with Crippen molar-refractivity contribution < 1.29 is 0 Å². The standard InChI is InChI=1S/C11H18N2/c1-4-9(3)10(5-2)11-8-12-6-7-13-11/h6-10H,4-5H2,1-3H3. The molecule has 0 saturated heterocycles. The van der Waals surface area contributed by atoms with Gasteiger partial charge in [-0.05, 0) is 12.3 Å². The van der Waals surface area contributed by atoms with Crippen LogP contribution in [0.15, 0.2) is 18.6 Å². The van der Waals surface area contributed by atoms with E-state index in [4.69, 9.17) is 0 Å². The van der Waals surface area contributed by atoms with Gasteiger partial charge in [0, 0.05) is 24.5 Å². The molecule has 0 radical (unpaired) electrons. The maximum Gasteiger partial charge on any atom is 0.0620 e. The second-order valence-electron chi connectivity index (χ2n) is 3.53. The first kappa shape index (κ1) is 10.2. The Balaban J connectivity index is 2.78. The smallest absolute Gasteiger partial charge is 0.0620 e. The molecule has 0 spiro atoms. The van der Waals surface area contributed by atoms with Gasteiger partial charge in [-0.2, -0.15) is 0 Å². The minimum atomic E-state index is 0.568. The summed E-state index contributed by atoms with van der Waals surface area (Å²) in [5.41, 5.74) is 1.14. The minimum Gasteiger partial charge on any atom is -0.261 e. The average Bonchev–Trinajstić information content (AvgIpc) is 2.20. The van der Waals surface area contributed by atoms with Crippen LogP contribution in [0.2, 0.25) is 0 Å². The van der Waals surface area contributed by atoms with Gasteiger partial charge in [-0.25, -0.2) is 0 Å². The van der Waals surface area contributed by atoms with E-state index in [2.05, 4.69) is 30.7 Å². The SMILES string of the molecule is CCC(C)C(CC)c1cnccn1. The second-order valence-corrected chi connectivity index (χ2v) is 3.53. The second kappa shape index (κ2) is 4.95. The predicted molar refractivity (Wildman–Crippen MR) is 54.5 cm³/mol. The van der Waals surface area contributed by atoms with Crippen molar-refractivity contribution in [3.05, 3.63) is 24.3 Å². The van der Waals surface area contributed by atoms with E-state index < -0.39 is 0 Å². The van der Waals surface area contributed by atoms with Crippen molar-refractivity contribution in [2.75, 3.05) is 0 Å². The molecule has 1 heterocycles. The Kier molecular flexibility index (Phi) is 3.87. The van der Waals surface area contributed by atoms with E-state index >= 15 is 0 Å². The van der Waals surface area contributed by atoms with Crippen LogP contribution in [0.5, 0.6) is 0 Å². The summed E-state index contributed by atoms with van der Waals surface area (Å²) in [6.45, 7) is 6.72. The zero-order valence-corrected chi connectivity index (χ0v) is 8.70. The Bertz CT molecular complexity index is 233. The van der Waals surface area contributed by atoms with Gasteiger partial charge in [-0.15, -0.1) is 0 Å². The van der Waals surface area contributed by atoms with Crippen LogP contribution in [0.1, 0.15) is 45.2 Å². The average molecular weight is 178 g/mol. The summed E-state index contributed by atoms with van der Waals surface area (Å²) in [6, 6.07) is 0. The summed E-state index contributed by atoms with van der Waals surface area (Å²) < 4.78 is 0. The van der Waals surface area contributed by atoms with Crippen LogP contribution < -0.4 is 0 Å². The van der Waals surface area contributed by atoms with Gasteiger partial charge in [0.15, 0.2) is 0 Å². The first-order valence-electron chi connectivity index (χ1n) is 5.05. The molecule has 1 aromatic rings. The fourth-order valence-corrected chi connectivity index (χ4v) is 1.69. The molecule has 0 saturated carbocycles. The summed E-state index contributed by atoms with van der Waals surface area (Å²) in [4.78, 5) is 8.46. The van der Waals surface area contributed by atoms with Gasteiger partial charge in [-0.1, -0.05) is 27.2 Å². The molecule has 1 rings (SSSR count). The molecule has 0 fully saturated rings. The molecule has 0 bridgehead atoms.